The van der Waals surface area contributed by atoms with E-state index >= 15 is 0 Å². The van der Waals surface area contributed by atoms with Crippen LogP contribution in [0.2, 0.25) is 0 Å². The van der Waals surface area contributed by atoms with E-state index in [9.17, 15) is 4.79 Å². The van der Waals surface area contributed by atoms with Gasteiger partial charge in [0.05, 0.1) is 30.3 Å². The molecule has 0 spiro atoms. The summed E-state index contributed by atoms with van der Waals surface area (Å²) in [6.07, 6.45) is 3.61. The van der Waals surface area contributed by atoms with Crippen molar-refractivity contribution in [3.63, 3.8) is 0 Å². The fourth-order valence-electron chi connectivity index (χ4n) is 2.98. The minimum atomic E-state index is -0.176. The summed E-state index contributed by atoms with van der Waals surface area (Å²) >= 11 is 6.74. The van der Waals surface area contributed by atoms with Crippen LogP contribution in [0, 0.1) is 0 Å². The van der Waals surface area contributed by atoms with Crippen LogP contribution in [0.15, 0.2) is 59.6 Å². The molecule has 2 aromatic carbocycles. The molecule has 1 fully saturated rings. The summed E-state index contributed by atoms with van der Waals surface area (Å²) in [4.78, 5) is 19.4. The van der Waals surface area contributed by atoms with E-state index < -0.39 is 0 Å². The number of thiocarbonyl (C=S) groups is 1. The lowest BCUT2D eigenvalue weighted by molar-refractivity contribution is -0.113. The van der Waals surface area contributed by atoms with Crippen LogP contribution in [-0.2, 0) is 4.79 Å². The van der Waals surface area contributed by atoms with Gasteiger partial charge in [0.1, 0.15) is 11.5 Å². The molecule has 1 aromatic heterocycles. The number of aromatic nitrogens is 1. The number of hydrogen-bond acceptors (Lipinski definition) is 6. The van der Waals surface area contributed by atoms with Crippen molar-refractivity contribution in [1.29, 1.82) is 0 Å². The summed E-state index contributed by atoms with van der Waals surface area (Å²) in [5.41, 5.74) is 2.43. The van der Waals surface area contributed by atoms with Crippen molar-refractivity contribution in [3.05, 3.63) is 65.2 Å². The first-order valence-electron chi connectivity index (χ1n) is 8.45. The summed E-state index contributed by atoms with van der Waals surface area (Å²) in [6.45, 7) is 0. The Morgan fingerprint density at radius 1 is 1.11 bits per heavy atom. The van der Waals surface area contributed by atoms with Crippen LogP contribution < -0.4 is 14.4 Å². The Morgan fingerprint density at radius 3 is 2.75 bits per heavy atom. The molecule has 1 aliphatic rings. The van der Waals surface area contributed by atoms with Crippen molar-refractivity contribution in [2.45, 2.75) is 0 Å². The average molecular weight is 409 g/mol. The van der Waals surface area contributed by atoms with Crippen LogP contribution in [0.3, 0.4) is 0 Å². The normalized spacial score (nSPS) is 15.5. The smallest absolute Gasteiger partial charge is 0.270 e. The number of benzene rings is 2. The lowest BCUT2D eigenvalue weighted by Gasteiger charge is -2.18. The lowest BCUT2D eigenvalue weighted by Crippen LogP contribution is -2.27. The Kier molecular flexibility index (Phi) is 5.02. The Balaban J connectivity index is 1.69. The second-order valence-electron chi connectivity index (χ2n) is 6.01. The van der Waals surface area contributed by atoms with Gasteiger partial charge in [0.15, 0.2) is 4.32 Å². The molecule has 0 atom stereocenters. The molecule has 140 valence electrons. The molecular weight excluding hydrogens is 392 g/mol. The first kappa shape index (κ1) is 18.5. The predicted octanol–water partition coefficient (Wildman–Crippen LogP) is 4.66. The number of pyridine rings is 1. The molecular formula is C21H16N2O3S2. The Labute approximate surface area is 172 Å². The molecule has 1 amide bonds. The second kappa shape index (κ2) is 7.61. The molecule has 7 heteroatoms. The van der Waals surface area contributed by atoms with E-state index in [1.54, 1.807) is 38.6 Å². The van der Waals surface area contributed by atoms with E-state index in [4.69, 9.17) is 21.7 Å². The highest BCUT2D eigenvalue weighted by molar-refractivity contribution is 8.27. The van der Waals surface area contributed by atoms with Crippen LogP contribution in [0.25, 0.3) is 17.0 Å². The van der Waals surface area contributed by atoms with Crippen molar-refractivity contribution in [1.82, 2.24) is 4.98 Å². The number of nitrogens with zero attached hydrogens (tertiary/aromatic N) is 2. The van der Waals surface area contributed by atoms with Crippen molar-refractivity contribution in [2.75, 3.05) is 19.1 Å². The third-order valence-corrected chi connectivity index (χ3v) is 5.65. The Hall–Kier alpha value is -2.90. The minimum Gasteiger partial charge on any atom is -0.497 e. The summed E-state index contributed by atoms with van der Waals surface area (Å²) in [6, 6.07) is 15.0. The lowest BCUT2D eigenvalue weighted by atomic mass is 10.1. The molecule has 0 aliphatic carbocycles. The number of anilines is 1. The van der Waals surface area contributed by atoms with Gasteiger partial charge in [-0.3, -0.25) is 14.7 Å². The largest absolute Gasteiger partial charge is 0.497 e. The van der Waals surface area contributed by atoms with Crippen LogP contribution in [0.4, 0.5) is 5.69 Å². The van der Waals surface area contributed by atoms with E-state index in [0.717, 1.165) is 16.5 Å². The SMILES string of the molecule is COc1ccc(N2C(=O)C(=Cc3ccc4ncccc4c3)SC2=S)c(OC)c1. The Bertz CT molecular complexity index is 1130. The van der Waals surface area contributed by atoms with Crippen molar-refractivity contribution < 1.29 is 14.3 Å². The highest BCUT2D eigenvalue weighted by Gasteiger charge is 2.35. The van der Waals surface area contributed by atoms with E-state index in [2.05, 4.69) is 4.98 Å². The zero-order valence-electron chi connectivity index (χ0n) is 15.2. The molecule has 0 saturated carbocycles. The van der Waals surface area contributed by atoms with Gasteiger partial charge in [-0.1, -0.05) is 36.1 Å². The second-order valence-corrected chi connectivity index (χ2v) is 7.69. The van der Waals surface area contributed by atoms with Gasteiger partial charge in [-0.15, -0.1) is 0 Å². The molecule has 0 radical (unpaired) electrons. The molecule has 0 N–H and O–H groups in total. The third-order valence-electron chi connectivity index (χ3n) is 4.35. The van der Waals surface area contributed by atoms with Crippen molar-refractivity contribution in [2.24, 2.45) is 0 Å². The topological polar surface area (TPSA) is 51.7 Å². The molecule has 1 saturated heterocycles. The van der Waals surface area contributed by atoms with Gasteiger partial charge in [0.25, 0.3) is 5.91 Å². The van der Waals surface area contributed by atoms with Gasteiger partial charge in [-0.25, -0.2) is 0 Å². The maximum Gasteiger partial charge on any atom is 0.270 e. The number of amides is 1. The summed E-state index contributed by atoms with van der Waals surface area (Å²) in [5, 5.41) is 1.02. The van der Waals surface area contributed by atoms with Crippen LogP contribution in [-0.4, -0.2) is 29.4 Å². The number of rotatable bonds is 4. The van der Waals surface area contributed by atoms with Gasteiger partial charge in [0, 0.05) is 17.6 Å². The van der Waals surface area contributed by atoms with Gasteiger partial charge in [-0.05, 0) is 42.0 Å². The zero-order valence-corrected chi connectivity index (χ0v) is 16.8. The van der Waals surface area contributed by atoms with Crippen LogP contribution >= 0.6 is 24.0 Å². The van der Waals surface area contributed by atoms with E-state index in [1.165, 1.54) is 16.7 Å². The minimum absolute atomic E-state index is 0.176. The maximum atomic E-state index is 13.1. The average Bonchev–Trinajstić information content (AvgIpc) is 3.00. The number of methoxy groups -OCH3 is 2. The van der Waals surface area contributed by atoms with Crippen molar-refractivity contribution in [3.8, 4) is 11.5 Å². The summed E-state index contributed by atoms with van der Waals surface area (Å²) in [5.74, 6) is 0.991. The fraction of sp³-hybridized carbons (Fsp3) is 0.0952. The molecule has 28 heavy (non-hydrogen) atoms. The number of carbonyl (C=O) groups excluding carboxylic acids is 1. The maximum absolute atomic E-state index is 13.1. The third kappa shape index (κ3) is 3.34. The fourth-order valence-corrected chi connectivity index (χ4v) is 4.27. The number of hydrogen-bond donors (Lipinski definition) is 0. The molecule has 0 bridgehead atoms. The number of carbonyl (C=O) groups is 1. The number of fused-ring (bicyclic) bond motifs is 1. The van der Waals surface area contributed by atoms with Crippen LogP contribution in [0.5, 0.6) is 11.5 Å². The van der Waals surface area contributed by atoms with Gasteiger partial charge >= 0.3 is 0 Å². The number of ether oxygens (including phenoxy) is 2. The molecule has 4 rings (SSSR count). The van der Waals surface area contributed by atoms with E-state index in [0.29, 0.717) is 26.4 Å². The first-order chi connectivity index (χ1) is 13.6. The predicted molar refractivity (Wildman–Crippen MR) is 117 cm³/mol. The van der Waals surface area contributed by atoms with Crippen molar-refractivity contribution >= 4 is 56.9 Å². The standard InChI is InChI=1S/C21H16N2O3S2/c1-25-15-6-8-17(18(12-15)26-2)23-20(24)19(28-21(23)27)11-13-5-7-16-14(10-13)4-3-9-22-16/h3-12H,1-2H3. The number of thioether (sulfide) groups is 1. The highest BCUT2D eigenvalue weighted by Crippen LogP contribution is 2.41. The quantitative estimate of drug-likeness (QED) is 0.462. The molecule has 1 aliphatic heterocycles. The first-order valence-corrected chi connectivity index (χ1v) is 9.68. The zero-order chi connectivity index (χ0) is 19.7. The van der Waals surface area contributed by atoms with Gasteiger partial charge in [-0.2, -0.15) is 0 Å². The Morgan fingerprint density at radius 2 is 1.96 bits per heavy atom. The molecule has 3 aromatic rings. The molecule has 0 unspecified atom stereocenters. The molecule has 5 nitrogen and oxygen atoms in total. The highest BCUT2D eigenvalue weighted by atomic mass is 32.2. The van der Waals surface area contributed by atoms with E-state index in [-0.39, 0.29) is 5.91 Å². The monoisotopic (exact) mass is 408 g/mol. The van der Waals surface area contributed by atoms with Crippen LogP contribution in [0.1, 0.15) is 5.56 Å². The summed E-state index contributed by atoms with van der Waals surface area (Å²) < 4.78 is 11.1. The van der Waals surface area contributed by atoms with E-state index in [1.807, 2.05) is 36.4 Å². The molecule has 2 heterocycles. The van der Waals surface area contributed by atoms with Gasteiger partial charge in [0.2, 0.25) is 0 Å². The van der Waals surface area contributed by atoms with Gasteiger partial charge < -0.3 is 9.47 Å². The summed E-state index contributed by atoms with van der Waals surface area (Å²) in [7, 11) is 3.13.